The van der Waals surface area contributed by atoms with E-state index in [4.69, 9.17) is 5.73 Å². The molecule has 116 valence electrons. The SMILES string of the molecule is C/C(=N/N=C(N)S[C@H]1CC(=O)N(C)C1=O)c1ccc(F)cc1. The van der Waals surface area contributed by atoms with Gasteiger partial charge in [0.15, 0.2) is 5.17 Å². The van der Waals surface area contributed by atoms with E-state index >= 15 is 0 Å². The largest absolute Gasteiger partial charge is 0.377 e. The molecule has 0 aliphatic carbocycles. The molecule has 0 bridgehead atoms. The van der Waals surface area contributed by atoms with Crippen molar-refractivity contribution in [2.24, 2.45) is 15.9 Å². The molecule has 6 nitrogen and oxygen atoms in total. The fraction of sp³-hybridized carbons (Fsp3) is 0.286. The van der Waals surface area contributed by atoms with E-state index in [1.54, 1.807) is 19.1 Å². The van der Waals surface area contributed by atoms with Crippen LogP contribution in [0.15, 0.2) is 34.5 Å². The van der Waals surface area contributed by atoms with Crippen molar-refractivity contribution in [2.75, 3.05) is 7.05 Å². The molecule has 2 amide bonds. The molecule has 0 spiro atoms. The monoisotopic (exact) mass is 322 g/mol. The summed E-state index contributed by atoms with van der Waals surface area (Å²) in [5.41, 5.74) is 7.00. The second kappa shape index (κ2) is 6.69. The topological polar surface area (TPSA) is 88.1 Å². The quantitative estimate of drug-likeness (QED) is 0.394. The Balaban J connectivity index is 2.03. The van der Waals surface area contributed by atoms with Crippen LogP contribution in [-0.4, -0.2) is 39.9 Å². The Labute approximate surface area is 131 Å². The lowest BCUT2D eigenvalue weighted by atomic mass is 10.1. The molecule has 0 saturated carbocycles. The zero-order valence-corrected chi connectivity index (χ0v) is 12.9. The van der Waals surface area contributed by atoms with Gasteiger partial charge in [0.25, 0.3) is 0 Å². The van der Waals surface area contributed by atoms with Gasteiger partial charge in [-0.1, -0.05) is 23.9 Å². The highest BCUT2D eigenvalue weighted by molar-refractivity contribution is 8.14. The van der Waals surface area contributed by atoms with Crippen LogP contribution in [0, 0.1) is 5.82 Å². The number of hydrogen-bond donors (Lipinski definition) is 1. The summed E-state index contributed by atoms with van der Waals surface area (Å²) < 4.78 is 12.8. The van der Waals surface area contributed by atoms with Crippen LogP contribution in [0.3, 0.4) is 0 Å². The minimum absolute atomic E-state index is 0.0999. The minimum atomic E-state index is -0.553. The molecule has 1 heterocycles. The lowest BCUT2D eigenvalue weighted by Gasteiger charge is -2.07. The third-order valence-corrected chi connectivity index (χ3v) is 4.14. The molecule has 8 heteroatoms. The Kier molecular flexibility index (Phi) is 4.92. The Hall–Kier alpha value is -2.22. The van der Waals surface area contributed by atoms with Gasteiger partial charge in [0.2, 0.25) is 11.8 Å². The van der Waals surface area contributed by atoms with E-state index in [9.17, 15) is 14.0 Å². The zero-order valence-electron chi connectivity index (χ0n) is 12.1. The number of rotatable bonds is 3. The number of amidine groups is 1. The van der Waals surface area contributed by atoms with Gasteiger partial charge in [-0.05, 0) is 24.6 Å². The Bertz CT molecular complexity index is 657. The summed E-state index contributed by atoms with van der Waals surface area (Å²) in [5, 5.41) is 7.34. The summed E-state index contributed by atoms with van der Waals surface area (Å²) in [6.45, 7) is 1.71. The van der Waals surface area contributed by atoms with Gasteiger partial charge >= 0.3 is 0 Å². The molecular formula is C14H15FN4O2S. The maximum atomic E-state index is 12.8. The highest BCUT2D eigenvalue weighted by Crippen LogP contribution is 2.24. The van der Waals surface area contributed by atoms with Crippen molar-refractivity contribution in [1.29, 1.82) is 0 Å². The van der Waals surface area contributed by atoms with E-state index < -0.39 is 5.25 Å². The average Bonchev–Trinajstić information content (AvgIpc) is 2.73. The van der Waals surface area contributed by atoms with E-state index in [2.05, 4.69) is 10.2 Å². The van der Waals surface area contributed by atoms with Crippen LogP contribution < -0.4 is 5.73 Å². The van der Waals surface area contributed by atoms with Crippen LogP contribution in [0.2, 0.25) is 0 Å². The predicted molar refractivity (Wildman–Crippen MR) is 84.0 cm³/mol. The average molecular weight is 322 g/mol. The first-order valence-corrected chi connectivity index (χ1v) is 7.37. The van der Waals surface area contributed by atoms with Crippen molar-refractivity contribution in [3.8, 4) is 0 Å². The summed E-state index contributed by atoms with van der Waals surface area (Å²) >= 11 is 1.01. The van der Waals surface area contributed by atoms with E-state index in [-0.39, 0.29) is 29.2 Å². The Morgan fingerprint density at radius 3 is 2.50 bits per heavy atom. The van der Waals surface area contributed by atoms with Gasteiger partial charge in [-0.15, -0.1) is 5.10 Å². The number of nitrogens with zero attached hydrogens (tertiary/aromatic N) is 3. The molecule has 2 rings (SSSR count). The molecule has 1 aromatic carbocycles. The van der Waals surface area contributed by atoms with Crippen LogP contribution in [0.4, 0.5) is 4.39 Å². The number of hydrogen-bond acceptors (Lipinski definition) is 5. The van der Waals surface area contributed by atoms with Gasteiger partial charge in [-0.2, -0.15) is 5.10 Å². The first kappa shape index (κ1) is 16.2. The number of carbonyl (C=O) groups is 2. The van der Waals surface area contributed by atoms with Crippen LogP contribution in [-0.2, 0) is 9.59 Å². The molecule has 0 aromatic heterocycles. The van der Waals surface area contributed by atoms with Gasteiger partial charge in [0.1, 0.15) is 11.1 Å². The van der Waals surface area contributed by atoms with Gasteiger partial charge in [0.05, 0.1) is 5.71 Å². The standard InChI is InChI=1S/C14H15FN4O2S/c1-8(9-3-5-10(15)6-4-9)17-18-14(16)22-11-7-12(20)19(2)13(11)21/h3-6,11H,7H2,1-2H3,(H2,16,18)/b17-8-/t11-/m0/s1. The third-order valence-electron chi connectivity index (χ3n) is 3.16. The maximum absolute atomic E-state index is 12.8. The number of amides is 2. The number of carbonyl (C=O) groups excluding carboxylic acids is 2. The number of likely N-dealkylation sites (tertiary alicyclic amines) is 1. The van der Waals surface area contributed by atoms with Crippen LogP contribution >= 0.6 is 11.8 Å². The maximum Gasteiger partial charge on any atom is 0.243 e. The van der Waals surface area contributed by atoms with E-state index in [1.807, 2.05) is 0 Å². The summed E-state index contributed by atoms with van der Waals surface area (Å²) in [7, 11) is 1.44. The molecule has 1 aliphatic rings. The van der Waals surface area contributed by atoms with Crippen LogP contribution in [0.1, 0.15) is 18.9 Å². The fourth-order valence-electron chi connectivity index (χ4n) is 1.86. The zero-order chi connectivity index (χ0) is 16.3. The smallest absolute Gasteiger partial charge is 0.243 e. The highest BCUT2D eigenvalue weighted by atomic mass is 32.2. The number of nitrogens with two attached hydrogens (primary N) is 1. The number of halogens is 1. The molecule has 1 aromatic rings. The van der Waals surface area contributed by atoms with E-state index in [0.717, 1.165) is 22.2 Å². The second-order valence-electron chi connectivity index (χ2n) is 4.73. The predicted octanol–water partition coefficient (Wildman–Crippen LogP) is 1.35. The summed E-state index contributed by atoms with van der Waals surface area (Å²) in [6.07, 6.45) is 0.108. The number of benzene rings is 1. The van der Waals surface area contributed by atoms with Crippen molar-refractivity contribution in [2.45, 2.75) is 18.6 Å². The molecule has 1 fully saturated rings. The molecule has 0 unspecified atom stereocenters. The van der Waals surface area contributed by atoms with Gasteiger partial charge in [0, 0.05) is 13.5 Å². The molecular weight excluding hydrogens is 307 g/mol. The number of thioether (sulfide) groups is 1. The van der Waals surface area contributed by atoms with Crippen molar-refractivity contribution < 1.29 is 14.0 Å². The van der Waals surface area contributed by atoms with E-state index in [0.29, 0.717) is 5.71 Å². The Morgan fingerprint density at radius 2 is 1.95 bits per heavy atom. The fourth-order valence-corrected chi connectivity index (χ4v) is 2.72. The lowest BCUT2D eigenvalue weighted by molar-refractivity contribution is -0.136. The van der Waals surface area contributed by atoms with Crippen molar-refractivity contribution in [3.63, 3.8) is 0 Å². The van der Waals surface area contributed by atoms with Gasteiger partial charge in [-0.25, -0.2) is 4.39 Å². The normalized spacial score (nSPS) is 20.0. The van der Waals surface area contributed by atoms with E-state index in [1.165, 1.54) is 19.2 Å². The molecule has 2 N–H and O–H groups in total. The third kappa shape index (κ3) is 3.70. The number of imide groups is 1. The van der Waals surface area contributed by atoms with Gasteiger partial charge < -0.3 is 5.73 Å². The van der Waals surface area contributed by atoms with Crippen LogP contribution in [0.5, 0.6) is 0 Å². The van der Waals surface area contributed by atoms with Crippen molar-refractivity contribution in [1.82, 2.24) is 4.90 Å². The first-order chi connectivity index (χ1) is 10.4. The van der Waals surface area contributed by atoms with Crippen LogP contribution in [0.25, 0.3) is 0 Å². The second-order valence-corrected chi connectivity index (χ2v) is 5.96. The molecule has 0 radical (unpaired) electrons. The first-order valence-electron chi connectivity index (χ1n) is 6.49. The molecule has 1 atom stereocenters. The molecule has 1 aliphatic heterocycles. The van der Waals surface area contributed by atoms with Crippen molar-refractivity contribution >= 4 is 34.5 Å². The lowest BCUT2D eigenvalue weighted by Crippen LogP contribution is -2.27. The minimum Gasteiger partial charge on any atom is -0.377 e. The molecule has 1 saturated heterocycles. The summed E-state index contributed by atoms with van der Waals surface area (Å²) in [6, 6.07) is 5.83. The highest BCUT2D eigenvalue weighted by Gasteiger charge is 2.37. The van der Waals surface area contributed by atoms with Crippen molar-refractivity contribution in [3.05, 3.63) is 35.6 Å². The van der Waals surface area contributed by atoms with Gasteiger partial charge in [-0.3, -0.25) is 14.5 Å². The summed E-state index contributed by atoms with van der Waals surface area (Å²) in [4.78, 5) is 24.2. The molecule has 22 heavy (non-hydrogen) atoms. The Morgan fingerprint density at radius 1 is 1.32 bits per heavy atom. The summed E-state index contributed by atoms with van der Waals surface area (Å²) in [5.74, 6) is -0.850.